The van der Waals surface area contributed by atoms with E-state index in [1.165, 1.54) is 69.8 Å². The summed E-state index contributed by atoms with van der Waals surface area (Å²) in [6.07, 6.45) is 15.2. The van der Waals surface area contributed by atoms with Crippen molar-refractivity contribution in [3.63, 3.8) is 0 Å². The third kappa shape index (κ3) is 7.08. The summed E-state index contributed by atoms with van der Waals surface area (Å²) in [6.45, 7) is 5.21. The first-order valence-electron chi connectivity index (χ1n) is 11.9. The van der Waals surface area contributed by atoms with Crippen LogP contribution in [0.1, 0.15) is 83.1 Å². The average Bonchev–Trinajstić information content (AvgIpc) is 3.26. The molecule has 2 aliphatic rings. The molecule has 0 spiro atoms. The van der Waals surface area contributed by atoms with Gasteiger partial charge in [-0.2, -0.15) is 0 Å². The van der Waals surface area contributed by atoms with Crippen LogP contribution in [-0.2, 0) is 6.54 Å². The quantitative estimate of drug-likeness (QED) is 0.488. The number of hydrogen-bond donors (Lipinski definition) is 1. The SMILES string of the molecule is CC(CC1CCCCC1)NCc1ccccc1OCCCN(C)C1CCCC1. The van der Waals surface area contributed by atoms with Gasteiger partial charge in [-0.1, -0.05) is 63.1 Å². The molecule has 2 saturated carbocycles. The third-order valence-corrected chi connectivity index (χ3v) is 6.89. The smallest absolute Gasteiger partial charge is 0.123 e. The number of para-hydroxylation sites is 1. The summed E-state index contributed by atoms with van der Waals surface area (Å²) in [5, 5.41) is 3.74. The van der Waals surface area contributed by atoms with Crippen molar-refractivity contribution >= 4 is 0 Å². The maximum atomic E-state index is 6.17. The fraction of sp³-hybridized carbons (Fsp3) is 0.760. The van der Waals surface area contributed by atoms with Crippen LogP contribution in [0.25, 0.3) is 0 Å². The third-order valence-electron chi connectivity index (χ3n) is 6.89. The summed E-state index contributed by atoms with van der Waals surface area (Å²) >= 11 is 0. The molecule has 3 nitrogen and oxygen atoms in total. The highest BCUT2D eigenvalue weighted by molar-refractivity contribution is 5.33. The van der Waals surface area contributed by atoms with Gasteiger partial charge >= 0.3 is 0 Å². The summed E-state index contributed by atoms with van der Waals surface area (Å²) in [7, 11) is 2.28. The van der Waals surface area contributed by atoms with Crippen molar-refractivity contribution in [3.05, 3.63) is 29.8 Å². The van der Waals surface area contributed by atoms with Crippen molar-refractivity contribution in [2.75, 3.05) is 20.2 Å². The molecule has 2 fully saturated rings. The Balaban J connectivity index is 1.37. The van der Waals surface area contributed by atoms with E-state index in [4.69, 9.17) is 4.74 Å². The summed E-state index contributed by atoms with van der Waals surface area (Å²) < 4.78 is 6.17. The van der Waals surface area contributed by atoms with E-state index in [1.807, 2.05) is 0 Å². The molecule has 158 valence electrons. The highest BCUT2D eigenvalue weighted by Crippen LogP contribution is 2.27. The van der Waals surface area contributed by atoms with Crippen LogP contribution in [0, 0.1) is 5.92 Å². The lowest BCUT2D eigenvalue weighted by Crippen LogP contribution is -2.30. The van der Waals surface area contributed by atoms with Crippen molar-refractivity contribution in [3.8, 4) is 5.75 Å². The minimum Gasteiger partial charge on any atom is -0.493 e. The molecular weight excluding hydrogens is 344 g/mol. The summed E-state index contributed by atoms with van der Waals surface area (Å²) in [6, 6.07) is 9.95. The van der Waals surface area contributed by atoms with Crippen LogP contribution in [-0.4, -0.2) is 37.2 Å². The Morgan fingerprint density at radius 1 is 1.04 bits per heavy atom. The van der Waals surface area contributed by atoms with Gasteiger partial charge < -0.3 is 15.0 Å². The maximum Gasteiger partial charge on any atom is 0.123 e. The monoisotopic (exact) mass is 386 g/mol. The standard InChI is InChI=1S/C25H42N2O/c1-21(19-22-11-4-3-5-12-22)26-20-23-13-6-9-16-25(23)28-18-10-17-27(2)24-14-7-8-15-24/h6,9,13,16,21-22,24,26H,3-5,7-8,10-12,14-15,17-20H2,1-2H3. The zero-order valence-corrected chi connectivity index (χ0v) is 18.3. The van der Waals surface area contributed by atoms with Gasteiger partial charge in [-0.15, -0.1) is 0 Å². The number of nitrogens with one attached hydrogen (secondary N) is 1. The van der Waals surface area contributed by atoms with E-state index in [0.29, 0.717) is 6.04 Å². The van der Waals surface area contributed by atoms with Gasteiger partial charge in [-0.05, 0) is 51.6 Å². The van der Waals surface area contributed by atoms with E-state index in [0.717, 1.165) is 43.8 Å². The summed E-state index contributed by atoms with van der Waals surface area (Å²) in [5.74, 6) is 1.99. The lowest BCUT2D eigenvalue weighted by Gasteiger charge is -2.25. The maximum absolute atomic E-state index is 6.17. The molecule has 0 aromatic heterocycles. The van der Waals surface area contributed by atoms with E-state index >= 15 is 0 Å². The number of rotatable bonds is 11. The predicted molar refractivity (Wildman–Crippen MR) is 119 cm³/mol. The normalized spacial score (nSPS) is 20.0. The minimum absolute atomic E-state index is 0.580. The Morgan fingerprint density at radius 3 is 2.54 bits per heavy atom. The Morgan fingerprint density at radius 2 is 1.75 bits per heavy atom. The van der Waals surface area contributed by atoms with Crippen LogP contribution in [0.4, 0.5) is 0 Å². The van der Waals surface area contributed by atoms with Crippen LogP contribution in [0.3, 0.4) is 0 Å². The summed E-state index contributed by atoms with van der Waals surface area (Å²) in [5.41, 5.74) is 1.29. The number of benzene rings is 1. The number of hydrogen-bond acceptors (Lipinski definition) is 3. The molecule has 0 radical (unpaired) electrons. The molecule has 1 aromatic rings. The first kappa shape index (κ1) is 21.6. The van der Waals surface area contributed by atoms with Crippen molar-refractivity contribution in [1.82, 2.24) is 10.2 Å². The Labute approximate surface area is 173 Å². The van der Waals surface area contributed by atoms with Crippen LogP contribution in [0.2, 0.25) is 0 Å². The highest BCUT2D eigenvalue weighted by atomic mass is 16.5. The fourth-order valence-corrected chi connectivity index (χ4v) is 5.10. The second-order valence-corrected chi connectivity index (χ2v) is 9.25. The van der Waals surface area contributed by atoms with Gasteiger partial charge in [-0.25, -0.2) is 0 Å². The van der Waals surface area contributed by atoms with Gasteiger partial charge in [0.15, 0.2) is 0 Å². The zero-order chi connectivity index (χ0) is 19.6. The second-order valence-electron chi connectivity index (χ2n) is 9.25. The molecule has 1 atom stereocenters. The fourth-order valence-electron chi connectivity index (χ4n) is 5.10. The first-order chi connectivity index (χ1) is 13.7. The first-order valence-corrected chi connectivity index (χ1v) is 11.9. The lowest BCUT2D eigenvalue weighted by molar-refractivity contribution is 0.215. The summed E-state index contributed by atoms with van der Waals surface area (Å²) in [4.78, 5) is 2.54. The van der Waals surface area contributed by atoms with Gasteiger partial charge in [0, 0.05) is 30.7 Å². The van der Waals surface area contributed by atoms with E-state index in [2.05, 4.69) is 48.5 Å². The average molecular weight is 387 g/mol. The van der Waals surface area contributed by atoms with Gasteiger partial charge in [-0.3, -0.25) is 0 Å². The second kappa shape index (κ2) is 11.8. The Bertz CT molecular complexity index is 549. The van der Waals surface area contributed by atoms with E-state index in [9.17, 15) is 0 Å². The van der Waals surface area contributed by atoms with Crippen molar-refractivity contribution in [2.24, 2.45) is 5.92 Å². The van der Waals surface area contributed by atoms with Crippen molar-refractivity contribution < 1.29 is 4.74 Å². The Hall–Kier alpha value is -1.06. The highest BCUT2D eigenvalue weighted by Gasteiger charge is 2.19. The molecule has 3 rings (SSSR count). The zero-order valence-electron chi connectivity index (χ0n) is 18.3. The van der Waals surface area contributed by atoms with E-state index in [-0.39, 0.29) is 0 Å². The van der Waals surface area contributed by atoms with Crippen molar-refractivity contribution in [2.45, 2.75) is 96.2 Å². The molecule has 0 saturated heterocycles. The molecular formula is C25H42N2O. The lowest BCUT2D eigenvalue weighted by atomic mass is 9.85. The van der Waals surface area contributed by atoms with Gasteiger partial charge in [0.2, 0.25) is 0 Å². The van der Waals surface area contributed by atoms with Crippen LogP contribution < -0.4 is 10.1 Å². The molecule has 3 heteroatoms. The molecule has 1 unspecified atom stereocenters. The molecule has 1 N–H and O–H groups in total. The van der Waals surface area contributed by atoms with Crippen LogP contribution in [0.15, 0.2) is 24.3 Å². The van der Waals surface area contributed by atoms with Crippen LogP contribution >= 0.6 is 0 Å². The molecule has 2 aliphatic carbocycles. The number of ether oxygens (including phenoxy) is 1. The van der Waals surface area contributed by atoms with E-state index in [1.54, 1.807) is 0 Å². The van der Waals surface area contributed by atoms with E-state index < -0.39 is 0 Å². The minimum atomic E-state index is 0.580. The van der Waals surface area contributed by atoms with Gasteiger partial charge in [0.25, 0.3) is 0 Å². The molecule has 0 bridgehead atoms. The van der Waals surface area contributed by atoms with Crippen LogP contribution in [0.5, 0.6) is 5.75 Å². The molecule has 0 aliphatic heterocycles. The topological polar surface area (TPSA) is 24.5 Å². The Kier molecular flexibility index (Phi) is 9.14. The largest absolute Gasteiger partial charge is 0.493 e. The predicted octanol–water partition coefficient (Wildman–Crippen LogP) is 5.78. The van der Waals surface area contributed by atoms with Crippen molar-refractivity contribution in [1.29, 1.82) is 0 Å². The molecule has 1 aromatic carbocycles. The molecule has 28 heavy (non-hydrogen) atoms. The number of nitrogens with zero attached hydrogens (tertiary/aromatic N) is 1. The molecule has 0 heterocycles. The van der Waals surface area contributed by atoms with Gasteiger partial charge in [0.1, 0.15) is 5.75 Å². The van der Waals surface area contributed by atoms with Gasteiger partial charge in [0.05, 0.1) is 6.61 Å². The molecule has 0 amide bonds.